The Hall–Kier alpha value is -2.57. The summed E-state index contributed by atoms with van der Waals surface area (Å²) in [5, 5.41) is 13.6. The van der Waals surface area contributed by atoms with Crippen molar-refractivity contribution in [2.75, 3.05) is 13.1 Å². The van der Waals surface area contributed by atoms with Gasteiger partial charge in [0.05, 0.1) is 18.1 Å². The maximum absolute atomic E-state index is 11.9. The van der Waals surface area contributed by atoms with Gasteiger partial charge in [-0.1, -0.05) is 0 Å². The van der Waals surface area contributed by atoms with E-state index in [2.05, 4.69) is 10.1 Å². The molecule has 0 saturated carbocycles. The average Bonchev–Trinajstić information content (AvgIpc) is 2.89. The van der Waals surface area contributed by atoms with Crippen molar-refractivity contribution < 1.29 is 14.6 Å². The van der Waals surface area contributed by atoms with Crippen molar-refractivity contribution in [3.05, 3.63) is 30.7 Å². The minimum absolute atomic E-state index is 0.142. The third-order valence-corrected chi connectivity index (χ3v) is 3.73. The zero-order valence-corrected chi connectivity index (χ0v) is 14.1. The van der Waals surface area contributed by atoms with E-state index in [1.807, 2.05) is 31.6 Å². The van der Waals surface area contributed by atoms with Crippen molar-refractivity contribution in [2.45, 2.75) is 32.9 Å². The molecular formula is C17H22N4O3. The molecule has 3 rings (SSSR count). The van der Waals surface area contributed by atoms with Crippen LogP contribution in [0.1, 0.15) is 20.8 Å². The van der Waals surface area contributed by atoms with Crippen molar-refractivity contribution >= 4 is 6.09 Å². The normalized spacial score (nSPS) is 15.2. The number of rotatable bonds is 3. The quantitative estimate of drug-likeness (QED) is 0.935. The van der Waals surface area contributed by atoms with Crippen LogP contribution < -0.4 is 0 Å². The van der Waals surface area contributed by atoms with Gasteiger partial charge >= 0.3 is 6.09 Å². The Morgan fingerprint density at radius 1 is 1.33 bits per heavy atom. The molecule has 0 bridgehead atoms. The number of hydrogen-bond donors (Lipinski definition) is 1. The minimum atomic E-state index is -0.462. The van der Waals surface area contributed by atoms with Crippen LogP contribution in [-0.4, -0.2) is 49.6 Å². The van der Waals surface area contributed by atoms with E-state index in [0.29, 0.717) is 19.0 Å². The van der Waals surface area contributed by atoms with E-state index in [4.69, 9.17) is 4.74 Å². The number of likely N-dealkylation sites (tertiary alicyclic amines) is 1. The molecule has 1 fully saturated rings. The number of carbonyl (C=O) groups is 1. The third kappa shape index (κ3) is 3.84. The molecule has 1 aliphatic rings. The number of carbonyl (C=O) groups excluding carboxylic acids is 1. The minimum Gasteiger partial charge on any atom is -0.506 e. The van der Waals surface area contributed by atoms with Crippen molar-refractivity contribution in [3.8, 4) is 17.0 Å². The largest absolute Gasteiger partial charge is 0.506 e. The fourth-order valence-electron chi connectivity index (χ4n) is 2.58. The van der Waals surface area contributed by atoms with E-state index in [-0.39, 0.29) is 11.8 Å². The van der Waals surface area contributed by atoms with Crippen molar-refractivity contribution in [1.82, 2.24) is 19.7 Å². The highest BCUT2D eigenvalue weighted by molar-refractivity contribution is 5.69. The standard InChI is InChI=1S/C17H22N4O3/c1-17(2,3)24-16(23)20-8-12(9-20)10-21-11-13(6-19-21)15-5-4-14(22)7-18-15/h4-7,11-12,22H,8-10H2,1-3H3. The molecule has 7 heteroatoms. The summed E-state index contributed by atoms with van der Waals surface area (Å²) in [6.07, 6.45) is 4.84. The van der Waals surface area contributed by atoms with Crippen LogP contribution in [0.4, 0.5) is 4.79 Å². The summed E-state index contributed by atoms with van der Waals surface area (Å²) >= 11 is 0. The lowest BCUT2D eigenvalue weighted by Crippen LogP contribution is -2.52. The zero-order chi connectivity index (χ0) is 17.3. The second-order valence-corrected chi connectivity index (χ2v) is 7.10. The summed E-state index contributed by atoms with van der Waals surface area (Å²) < 4.78 is 7.21. The third-order valence-electron chi connectivity index (χ3n) is 3.73. The monoisotopic (exact) mass is 330 g/mol. The smallest absolute Gasteiger partial charge is 0.410 e. The highest BCUT2D eigenvalue weighted by atomic mass is 16.6. The van der Waals surface area contributed by atoms with E-state index in [9.17, 15) is 9.90 Å². The van der Waals surface area contributed by atoms with Crippen LogP contribution in [-0.2, 0) is 11.3 Å². The van der Waals surface area contributed by atoms with Crippen LogP contribution in [0, 0.1) is 5.92 Å². The lowest BCUT2D eigenvalue weighted by Gasteiger charge is -2.39. The summed E-state index contributed by atoms with van der Waals surface area (Å²) in [7, 11) is 0. The van der Waals surface area contributed by atoms with Gasteiger partial charge in [-0.05, 0) is 32.9 Å². The number of hydrogen-bond acceptors (Lipinski definition) is 5. The summed E-state index contributed by atoms with van der Waals surface area (Å²) in [5.74, 6) is 0.515. The summed E-state index contributed by atoms with van der Waals surface area (Å²) in [5.41, 5.74) is 1.21. The van der Waals surface area contributed by atoms with Crippen LogP contribution >= 0.6 is 0 Å². The summed E-state index contributed by atoms with van der Waals surface area (Å²) in [4.78, 5) is 17.8. The van der Waals surface area contributed by atoms with Crippen molar-refractivity contribution in [2.24, 2.45) is 5.92 Å². The van der Waals surface area contributed by atoms with Gasteiger partial charge in [-0.2, -0.15) is 5.10 Å². The molecule has 0 unspecified atom stereocenters. The lowest BCUT2D eigenvalue weighted by molar-refractivity contribution is -0.00383. The van der Waals surface area contributed by atoms with Gasteiger partial charge in [0.25, 0.3) is 0 Å². The first kappa shape index (κ1) is 16.3. The Bertz CT molecular complexity index is 712. The van der Waals surface area contributed by atoms with Gasteiger partial charge in [0.2, 0.25) is 0 Å². The SMILES string of the molecule is CC(C)(C)OC(=O)N1CC(Cn2cc(-c3ccc(O)cn3)cn2)C1. The topological polar surface area (TPSA) is 80.5 Å². The number of pyridine rings is 1. The molecule has 1 aliphatic heterocycles. The average molecular weight is 330 g/mol. The number of ether oxygens (including phenoxy) is 1. The fourth-order valence-corrected chi connectivity index (χ4v) is 2.58. The molecule has 0 radical (unpaired) electrons. The van der Waals surface area contributed by atoms with E-state index in [0.717, 1.165) is 17.8 Å². The van der Waals surface area contributed by atoms with Gasteiger partial charge in [-0.3, -0.25) is 9.67 Å². The van der Waals surface area contributed by atoms with Gasteiger partial charge in [0, 0.05) is 37.3 Å². The molecular weight excluding hydrogens is 308 g/mol. The van der Waals surface area contributed by atoms with Crippen LogP contribution in [0.2, 0.25) is 0 Å². The predicted molar refractivity (Wildman–Crippen MR) is 88.4 cm³/mol. The maximum Gasteiger partial charge on any atom is 0.410 e. The maximum atomic E-state index is 11.9. The van der Waals surface area contributed by atoms with E-state index >= 15 is 0 Å². The second-order valence-electron chi connectivity index (χ2n) is 7.10. The van der Waals surface area contributed by atoms with Gasteiger partial charge < -0.3 is 14.7 Å². The Kier molecular flexibility index (Phi) is 4.17. The molecule has 24 heavy (non-hydrogen) atoms. The Morgan fingerprint density at radius 2 is 2.08 bits per heavy atom. The number of nitrogens with zero attached hydrogens (tertiary/aromatic N) is 4. The molecule has 1 saturated heterocycles. The van der Waals surface area contributed by atoms with Crippen molar-refractivity contribution in [1.29, 1.82) is 0 Å². The van der Waals surface area contributed by atoms with Crippen molar-refractivity contribution in [3.63, 3.8) is 0 Å². The molecule has 0 aromatic carbocycles. The molecule has 0 atom stereocenters. The van der Waals surface area contributed by atoms with E-state index < -0.39 is 5.60 Å². The molecule has 1 amide bonds. The Balaban J connectivity index is 1.52. The highest BCUT2D eigenvalue weighted by Crippen LogP contribution is 2.22. The van der Waals surface area contributed by atoms with Crippen LogP contribution in [0.5, 0.6) is 5.75 Å². The molecule has 2 aromatic heterocycles. The van der Waals surface area contributed by atoms with Crippen LogP contribution in [0.25, 0.3) is 11.3 Å². The molecule has 128 valence electrons. The highest BCUT2D eigenvalue weighted by Gasteiger charge is 2.33. The molecule has 2 aromatic rings. The number of amides is 1. The molecule has 0 aliphatic carbocycles. The molecule has 0 spiro atoms. The second kappa shape index (κ2) is 6.14. The fraction of sp³-hybridized carbons (Fsp3) is 0.471. The Morgan fingerprint density at radius 3 is 2.71 bits per heavy atom. The van der Waals surface area contributed by atoms with Gasteiger partial charge in [0.1, 0.15) is 11.4 Å². The van der Waals surface area contributed by atoms with E-state index in [1.54, 1.807) is 23.2 Å². The zero-order valence-electron chi connectivity index (χ0n) is 14.1. The number of aromatic nitrogens is 3. The van der Waals surface area contributed by atoms with Gasteiger partial charge in [-0.15, -0.1) is 0 Å². The Labute approximate surface area is 140 Å². The van der Waals surface area contributed by atoms with Crippen LogP contribution in [0.15, 0.2) is 30.7 Å². The van der Waals surface area contributed by atoms with Gasteiger partial charge in [0.15, 0.2) is 0 Å². The first-order valence-corrected chi connectivity index (χ1v) is 7.96. The number of aromatic hydroxyl groups is 1. The molecule has 1 N–H and O–H groups in total. The van der Waals surface area contributed by atoms with Gasteiger partial charge in [-0.25, -0.2) is 4.79 Å². The molecule has 7 nitrogen and oxygen atoms in total. The summed E-state index contributed by atoms with van der Waals surface area (Å²) in [6.45, 7) is 7.71. The predicted octanol–water partition coefficient (Wildman–Crippen LogP) is 2.52. The van der Waals surface area contributed by atoms with Crippen LogP contribution in [0.3, 0.4) is 0 Å². The molecule has 3 heterocycles. The first-order valence-electron chi connectivity index (χ1n) is 7.96. The first-order chi connectivity index (χ1) is 11.3. The lowest BCUT2D eigenvalue weighted by atomic mass is 10.0. The van der Waals surface area contributed by atoms with E-state index in [1.165, 1.54) is 6.20 Å². The summed E-state index contributed by atoms with van der Waals surface area (Å²) in [6, 6.07) is 3.36.